The van der Waals surface area contributed by atoms with Crippen molar-refractivity contribution in [1.29, 1.82) is 0 Å². The second-order valence-corrected chi connectivity index (χ2v) is 4.57. The molecule has 0 amide bonds. The van der Waals surface area contributed by atoms with Gasteiger partial charge in [0.2, 0.25) is 0 Å². The third kappa shape index (κ3) is 2.09. The molecule has 0 bridgehead atoms. The third-order valence-electron chi connectivity index (χ3n) is 2.04. The number of nitrogens with zero attached hydrogens (tertiary/aromatic N) is 1. The number of carboxylic acid groups (broad SMARTS) is 1. The zero-order chi connectivity index (χ0) is 12.6. The standard InChI is InChI=1S/C10H6ClFN2O2S/c11-4-2-1-3-5(12)6(4)8-7(9(15)16)14-10(13)17-8/h1-3H,(H2,13,14)(H,15,16). The number of aromatic carboxylic acids is 1. The predicted octanol–water partition coefficient (Wildman–Crippen LogP) is 2.88. The number of thiazole rings is 1. The van der Waals surface area contributed by atoms with Crippen LogP contribution in [0.1, 0.15) is 10.5 Å². The van der Waals surface area contributed by atoms with Crippen molar-refractivity contribution in [3.63, 3.8) is 0 Å². The number of benzene rings is 1. The first kappa shape index (κ1) is 11.8. The number of nitrogen functional groups attached to an aromatic ring is 1. The van der Waals surface area contributed by atoms with Crippen LogP contribution in [-0.2, 0) is 0 Å². The molecule has 0 saturated carbocycles. The minimum absolute atomic E-state index is 0.0146. The van der Waals surface area contributed by atoms with Gasteiger partial charge in [-0.15, -0.1) is 0 Å². The van der Waals surface area contributed by atoms with E-state index >= 15 is 0 Å². The lowest BCUT2D eigenvalue weighted by molar-refractivity contribution is 0.0692. The summed E-state index contributed by atoms with van der Waals surface area (Å²) in [7, 11) is 0. The Morgan fingerprint density at radius 2 is 2.24 bits per heavy atom. The van der Waals surface area contributed by atoms with Crippen molar-refractivity contribution in [2.75, 3.05) is 5.73 Å². The monoisotopic (exact) mass is 272 g/mol. The Kier molecular flexibility index (Phi) is 2.99. The van der Waals surface area contributed by atoms with Crippen molar-refractivity contribution in [3.8, 4) is 10.4 Å². The number of nitrogens with two attached hydrogens (primary N) is 1. The number of hydrogen-bond acceptors (Lipinski definition) is 4. The van der Waals surface area contributed by atoms with E-state index in [0.717, 1.165) is 11.3 Å². The van der Waals surface area contributed by atoms with E-state index in [9.17, 15) is 9.18 Å². The molecule has 0 saturated heterocycles. The average Bonchev–Trinajstić information content (AvgIpc) is 2.60. The molecule has 1 aromatic carbocycles. The highest BCUT2D eigenvalue weighted by Crippen LogP contribution is 2.37. The van der Waals surface area contributed by atoms with Gasteiger partial charge in [0.15, 0.2) is 10.8 Å². The largest absolute Gasteiger partial charge is 0.476 e. The Labute approximate surface area is 104 Å². The van der Waals surface area contributed by atoms with Crippen LogP contribution >= 0.6 is 22.9 Å². The molecule has 17 heavy (non-hydrogen) atoms. The lowest BCUT2D eigenvalue weighted by atomic mass is 10.1. The van der Waals surface area contributed by atoms with Gasteiger partial charge in [-0.25, -0.2) is 14.2 Å². The Morgan fingerprint density at radius 3 is 2.82 bits per heavy atom. The zero-order valence-electron chi connectivity index (χ0n) is 8.28. The number of carboxylic acids is 1. The van der Waals surface area contributed by atoms with Crippen molar-refractivity contribution < 1.29 is 14.3 Å². The van der Waals surface area contributed by atoms with Gasteiger partial charge >= 0.3 is 5.97 Å². The lowest BCUT2D eigenvalue weighted by Gasteiger charge is -2.03. The number of anilines is 1. The topological polar surface area (TPSA) is 76.2 Å². The molecule has 7 heteroatoms. The Bertz CT molecular complexity index is 580. The van der Waals surface area contributed by atoms with Gasteiger partial charge in [0.05, 0.1) is 9.90 Å². The molecule has 0 atom stereocenters. The molecule has 0 fully saturated rings. The highest BCUT2D eigenvalue weighted by molar-refractivity contribution is 7.19. The molecule has 3 N–H and O–H groups in total. The molecule has 0 aliphatic heterocycles. The normalized spacial score (nSPS) is 10.5. The second-order valence-electron chi connectivity index (χ2n) is 3.13. The van der Waals surface area contributed by atoms with Crippen molar-refractivity contribution in [2.24, 2.45) is 0 Å². The number of aromatic nitrogens is 1. The van der Waals surface area contributed by atoms with Crippen molar-refractivity contribution in [3.05, 3.63) is 34.7 Å². The van der Waals surface area contributed by atoms with Crippen LogP contribution in [0.25, 0.3) is 10.4 Å². The van der Waals surface area contributed by atoms with Crippen LogP contribution in [0.4, 0.5) is 9.52 Å². The van der Waals surface area contributed by atoms with Gasteiger partial charge in [-0.2, -0.15) is 0 Å². The summed E-state index contributed by atoms with van der Waals surface area (Å²) >= 11 is 6.74. The molecule has 0 aliphatic carbocycles. The zero-order valence-corrected chi connectivity index (χ0v) is 9.85. The SMILES string of the molecule is Nc1nc(C(=O)O)c(-c2c(F)cccc2Cl)s1. The van der Waals surface area contributed by atoms with Gasteiger partial charge in [-0.05, 0) is 12.1 Å². The highest BCUT2D eigenvalue weighted by atomic mass is 35.5. The Balaban J connectivity index is 2.72. The van der Waals surface area contributed by atoms with Gasteiger partial charge in [-0.1, -0.05) is 29.0 Å². The summed E-state index contributed by atoms with van der Waals surface area (Å²) in [6.07, 6.45) is 0. The third-order valence-corrected chi connectivity index (χ3v) is 3.25. The summed E-state index contributed by atoms with van der Waals surface area (Å²) in [4.78, 5) is 14.7. The maximum Gasteiger partial charge on any atom is 0.356 e. The van der Waals surface area contributed by atoms with Crippen LogP contribution in [0.3, 0.4) is 0 Å². The summed E-state index contributed by atoms with van der Waals surface area (Å²) in [5, 5.41) is 9.12. The molecule has 0 spiro atoms. The molecule has 88 valence electrons. The van der Waals surface area contributed by atoms with E-state index in [1.165, 1.54) is 18.2 Å². The Hall–Kier alpha value is -1.66. The summed E-state index contributed by atoms with van der Waals surface area (Å²) < 4.78 is 13.6. The number of halogens is 2. The van der Waals surface area contributed by atoms with Crippen LogP contribution in [0.2, 0.25) is 5.02 Å². The minimum atomic E-state index is -1.27. The second kappa shape index (κ2) is 4.31. The smallest absolute Gasteiger partial charge is 0.356 e. The van der Waals surface area contributed by atoms with E-state index in [1.807, 2.05) is 0 Å². The van der Waals surface area contributed by atoms with Crippen molar-refractivity contribution in [1.82, 2.24) is 4.98 Å². The maximum atomic E-state index is 13.6. The number of hydrogen-bond donors (Lipinski definition) is 2. The summed E-state index contributed by atoms with van der Waals surface area (Å²) in [6, 6.07) is 4.11. The van der Waals surface area contributed by atoms with E-state index in [4.69, 9.17) is 22.4 Å². The van der Waals surface area contributed by atoms with Crippen LogP contribution in [0, 0.1) is 5.82 Å². The van der Waals surface area contributed by atoms with Gasteiger partial charge in [-0.3, -0.25) is 0 Å². The minimum Gasteiger partial charge on any atom is -0.476 e. The van der Waals surface area contributed by atoms with Crippen LogP contribution in [0.15, 0.2) is 18.2 Å². The fourth-order valence-electron chi connectivity index (χ4n) is 1.37. The average molecular weight is 273 g/mol. The predicted molar refractivity (Wildman–Crippen MR) is 63.9 cm³/mol. The molecule has 0 unspecified atom stereocenters. The van der Waals surface area contributed by atoms with Gasteiger partial charge in [0.25, 0.3) is 0 Å². The lowest BCUT2D eigenvalue weighted by Crippen LogP contribution is -2.00. The van der Waals surface area contributed by atoms with Crippen molar-refractivity contribution in [2.45, 2.75) is 0 Å². The molecule has 0 aliphatic rings. The molecule has 2 rings (SSSR count). The quantitative estimate of drug-likeness (QED) is 0.881. The fourth-order valence-corrected chi connectivity index (χ4v) is 2.56. The molecular formula is C10H6ClFN2O2S. The first-order valence-electron chi connectivity index (χ1n) is 4.44. The number of carbonyl (C=O) groups is 1. The van der Waals surface area contributed by atoms with E-state index in [0.29, 0.717) is 0 Å². The highest BCUT2D eigenvalue weighted by Gasteiger charge is 2.22. The fraction of sp³-hybridized carbons (Fsp3) is 0. The summed E-state index contributed by atoms with van der Waals surface area (Å²) in [5.41, 5.74) is 5.16. The van der Waals surface area contributed by atoms with Gasteiger partial charge in [0, 0.05) is 5.56 Å². The summed E-state index contributed by atoms with van der Waals surface area (Å²) in [5.74, 6) is -1.88. The molecule has 2 aromatic rings. The first-order chi connectivity index (χ1) is 8.00. The first-order valence-corrected chi connectivity index (χ1v) is 5.64. The van der Waals surface area contributed by atoms with Gasteiger partial charge in [0.1, 0.15) is 5.82 Å². The molecule has 1 aromatic heterocycles. The maximum absolute atomic E-state index is 13.6. The Morgan fingerprint density at radius 1 is 1.53 bits per heavy atom. The van der Waals surface area contributed by atoms with Crippen LogP contribution in [0.5, 0.6) is 0 Å². The van der Waals surface area contributed by atoms with E-state index in [2.05, 4.69) is 4.98 Å². The van der Waals surface area contributed by atoms with Gasteiger partial charge < -0.3 is 10.8 Å². The van der Waals surface area contributed by atoms with Crippen LogP contribution in [-0.4, -0.2) is 16.1 Å². The van der Waals surface area contributed by atoms with E-state index in [1.54, 1.807) is 0 Å². The molecule has 1 heterocycles. The van der Waals surface area contributed by atoms with E-state index < -0.39 is 11.8 Å². The van der Waals surface area contributed by atoms with Crippen LogP contribution < -0.4 is 5.73 Å². The van der Waals surface area contributed by atoms with Crippen molar-refractivity contribution >= 4 is 34.0 Å². The summed E-state index contributed by atoms with van der Waals surface area (Å²) in [6.45, 7) is 0. The molecule has 0 radical (unpaired) electrons. The molecule has 4 nitrogen and oxygen atoms in total. The molecular weight excluding hydrogens is 267 g/mol. The van der Waals surface area contributed by atoms with E-state index in [-0.39, 0.29) is 26.3 Å². The number of rotatable bonds is 2.